The van der Waals surface area contributed by atoms with E-state index in [2.05, 4.69) is 4.99 Å². The van der Waals surface area contributed by atoms with Crippen LogP contribution < -0.4 is 4.80 Å². The summed E-state index contributed by atoms with van der Waals surface area (Å²) in [5, 5.41) is 10.9. The Labute approximate surface area is 162 Å². The highest BCUT2D eigenvalue weighted by atomic mass is 32.2. The van der Waals surface area contributed by atoms with Crippen LogP contribution in [0.3, 0.4) is 0 Å². The third-order valence-electron chi connectivity index (χ3n) is 3.81. The predicted octanol–water partition coefficient (Wildman–Crippen LogP) is 4.38. The van der Waals surface area contributed by atoms with Crippen molar-refractivity contribution in [2.24, 2.45) is 4.99 Å². The van der Waals surface area contributed by atoms with E-state index in [1.807, 2.05) is 11.5 Å². The number of nitro benzene ring substituents is 1. The van der Waals surface area contributed by atoms with Gasteiger partial charge >= 0.3 is 0 Å². The highest BCUT2D eigenvalue weighted by Gasteiger charge is 2.12. The monoisotopic (exact) mass is 405 g/mol. The molecule has 140 valence electrons. The third-order valence-corrected chi connectivity index (χ3v) is 5.87. The van der Waals surface area contributed by atoms with Gasteiger partial charge in [-0.1, -0.05) is 11.3 Å². The lowest BCUT2D eigenvalue weighted by atomic mass is 10.3. The van der Waals surface area contributed by atoms with Gasteiger partial charge in [-0.05, 0) is 37.3 Å². The third kappa shape index (κ3) is 4.61. The second-order valence-corrected chi connectivity index (χ2v) is 7.77. The molecular weight excluding hydrogens is 389 g/mol. The molecule has 0 aliphatic carbocycles. The molecule has 0 bridgehead atoms. The van der Waals surface area contributed by atoms with Crippen molar-refractivity contribution < 1.29 is 14.1 Å². The Balaban J connectivity index is 1.76. The molecule has 0 fully saturated rings. The molecular formula is C18H16FN3O3S2. The Morgan fingerprint density at radius 2 is 2.04 bits per heavy atom. The van der Waals surface area contributed by atoms with Crippen LogP contribution in [0.4, 0.5) is 10.1 Å². The first-order valence-corrected chi connectivity index (χ1v) is 10.0. The number of aryl methyl sites for hydroxylation is 1. The van der Waals surface area contributed by atoms with Crippen molar-refractivity contribution in [1.29, 1.82) is 0 Å². The average Bonchev–Trinajstić information content (AvgIpc) is 2.99. The molecule has 0 radical (unpaired) electrons. The van der Waals surface area contributed by atoms with Crippen molar-refractivity contribution in [3.05, 3.63) is 63.2 Å². The van der Waals surface area contributed by atoms with Gasteiger partial charge in [0.05, 0.1) is 15.1 Å². The molecule has 0 N–H and O–H groups in total. The highest BCUT2D eigenvalue weighted by Crippen LogP contribution is 2.23. The number of carbonyl (C=O) groups excluding carboxylic acids is 1. The van der Waals surface area contributed by atoms with Gasteiger partial charge in [0.15, 0.2) is 4.80 Å². The van der Waals surface area contributed by atoms with Gasteiger partial charge in [-0.25, -0.2) is 4.39 Å². The average molecular weight is 405 g/mol. The Morgan fingerprint density at radius 1 is 1.30 bits per heavy atom. The van der Waals surface area contributed by atoms with Gasteiger partial charge in [0.25, 0.3) is 5.69 Å². The fourth-order valence-corrected chi connectivity index (χ4v) is 4.50. The molecule has 0 unspecified atom stereocenters. The zero-order valence-corrected chi connectivity index (χ0v) is 16.1. The van der Waals surface area contributed by atoms with E-state index >= 15 is 0 Å². The number of benzene rings is 2. The summed E-state index contributed by atoms with van der Waals surface area (Å²) < 4.78 is 15.5. The quantitative estimate of drug-likeness (QED) is 0.346. The summed E-state index contributed by atoms with van der Waals surface area (Å²) >= 11 is 2.72. The Bertz CT molecular complexity index is 1060. The largest absolute Gasteiger partial charge is 0.317 e. The zero-order valence-electron chi connectivity index (χ0n) is 14.4. The van der Waals surface area contributed by atoms with Crippen molar-refractivity contribution in [3.63, 3.8) is 0 Å². The van der Waals surface area contributed by atoms with Crippen LogP contribution in [0.2, 0.25) is 0 Å². The van der Waals surface area contributed by atoms with Crippen molar-refractivity contribution in [2.75, 3.05) is 5.75 Å². The van der Waals surface area contributed by atoms with Crippen molar-refractivity contribution in [2.45, 2.75) is 24.8 Å². The lowest BCUT2D eigenvalue weighted by Gasteiger charge is -2.01. The number of nitrogens with zero attached hydrogens (tertiary/aromatic N) is 3. The summed E-state index contributed by atoms with van der Waals surface area (Å²) in [5.74, 6) is -0.0105. The molecule has 0 saturated carbocycles. The van der Waals surface area contributed by atoms with Gasteiger partial charge < -0.3 is 4.57 Å². The van der Waals surface area contributed by atoms with Crippen LogP contribution in [0.1, 0.15) is 13.3 Å². The number of amides is 1. The molecule has 0 aliphatic rings. The second-order valence-electron chi connectivity index (χ2n) is 5.60. The molecule has 0 spiro atoms. The molecule has 1 amide bonds. The van der Waals surface area contributed by atoms with Crippen LogP contribution in [0.15, 0.2) is 52.4 Å². The van der Waals surface area contributed by atoms with Crippen LogP contribution in [-0.2, 0) is 11.3 Å². The van der Waals surface area contributed by atoms with E-state index in [4.69, 9.17) is 0 Å². The Morgan fingerprint density at radius 3 is 2.70 bits per heavy atom. The van der Waals surface area contributed by atoms with Crippen LogP contribution in [0, 0.1) is 15.9 Å². The number of non-ortho nitro benzene ring substituents is 1. The SMILES string of the molecule is CCn1c(=NC(=O)CCSc2ccc(F)cc2)sc2cc([N+](=O)[O-])ccc21. The van der Waals surface area contributed by atoms with E-state index in [1.165, 1.54) is 47.4 Å². The number of thioether (sulfide) groups is 1. The number of hydrogen-bond donors (Lipinski definition) is 0. The number of aromatic nitrogens is 1. The molecule has 1 heterocycles. The van der Waals surface area contributed by atoms with Gasteiger partial charge in [-0.3, -0.25) is 14.9 Å². The maximum atomic E-state index is 12.9. The van der Waals surface area contributed by atoms with Gasteiger partial charge in [0.2, 0.25) is 5.91 Å². The van der Waals surface area contributed by atoms with Crippen LogP contribution >= 0.6 is 23.1 Å². The maximum Gasteiger partial charge on any atom is 0.270 e. The van der Waals surface area contributed by atoms with E-state index in [0.717, 1.165) is 15.1 Å². The molecule has 0 aliphatic heterocycles. The summed E-state index contributed by atoms with van der Waals surface area (Å²) in [6.07, 6.45) is 0.250. The number of carbonyl (C=O) groups is 1. The molecule has 1 aromatic heterocycles. The lowest BCUT2D eigenvalue weighted by Crippen LogP contribution is -2.15. The second kappa shape index (κ2) is 8.45. The number of hydrogen-bond acceptors (Lipinski definition) is 5. The number of fused-ring (bicyclic) bond motifs is 1. The summed E-state index contributed by atoms with van der Waals surface area (Å²) in [7, 11) is 0. The van der Waals surface area contributed by atoms with Crippen LogP contribution in [0.25, 0.3) is 10.2 Å². The van der Waals surface area contributed by atoms with Gasteiger partial charge in [-0.15, -0.1) is 11.8 Å². The van der Waals surface area contributed by atoms with Crippen LogP contribution in [0.5, 0.6) is 0 Å². The van der Waals surface area contributed by atoms with Gasteiger partial charge in [-0.2, -0.15) is 4.99 Å². The summed E-state index contributed by atoms with van der Waals surface area (Å²) in [6.45, 7) is 2.54. The smallest absolute Gasteiger partial charge is 0.270 e. The molecule has 9 heteroatoms. The normalized spacial score (nSPS) is 11.9. The molecule has 3 rings (SSSR count). The molecule has 2 aromatic carbocycles. The van der Waals surface area contributed by atoms with E-state index in [0.29, 0.717) is 17.1 Å². The minimum Gasteiger partial charge on any atom is -0.317 e. The molecule has 6 nitrogen and oxygen atoms in total. The first-order valence-electron chi connectivity index (χ1n) is 8.21. The Kier molecular flexibility index (Phi) is 6.02. The fraction of sp³-hybridized carbons (Fsp3) is 0.222. The first kappa shape index (κ1) is 19.2. The van der Waals surface area contributed by atoms with Crippen molar-refractivity contribution >= 4 is 44.9 Å². The minimum atomic E-state index is -0.440. The van der Waals surface area contributed by atoms with E-state index < -0.39 is 4.92 Å². The number of halogens is 1. The Hall–Kier alpha value is -2.52. The van der Waals surface area contributed by atoms with E-state index in [9.17, 15) is 19.3 Å². The summed E-state index contributed by atoms with van der Waals surface area (Å²) in [5.41, 5.74) is 0.834. The number of rotatable bonds is 6. The van der Waals surface area contributed by atoms with E-state index in [1.54, 1.807) is 18.2 Å². The van der Waals surface area contributed by atoms with Gasteiger partial charge in [0, 0.05) is 35.7 Å². The molecule has 3 aromatic rings. The molecule has 27 heavy (non-hydrogen) atoms. The van der Waals surface area contributed by atoms with Gasteiger partial charge in [0.1, 0.15) is 5.82 Å². The van der Waals surface area contributed by atoms with Crippen LogP contribution in [-0.4, -0.2) is 21.2 Å². The summed E-state index contributed by atoms with van der Waals surface area (Å²) in [4.78, 5) is 28.3. The maximum absolute atomic E-state index is 12.9. The van der Waals surface area contributed by atoms with Crippen molar-refractivity contribution in [3.8, 4) is 0 Å². The topological polar surface area (TPSA) is 77.5 Å². The standard InChI is InChI=1S/C18H16FN3O3S2/c1-2-21-15-8-5-13(22(24)25)11-16(15)27-18(21)20-17(23)9-10-26-14-6-3-12(19)4-7-14/h3-8,11H,2,9-10H2,1H3. The van der Waals surface area contributed by atoms with E-state index in [-0.39, 0.29) is 23.8 Å². The number of thiazole rings is 1. The molecule has 0 atom stereocenters. The summed E-state index contributed by atoms with van der Waals surface area (Å²) in [6, 6.07) is 10.7. The first-order chi connectivity index (χ1) is 13.0. The lowest BCUT2D eigenvalue weighted by molar-refractivity contribution is -0.384. The highest BCUT2D eigenvalue weighted by molar-refractivity contribution is 7.99. The zero-order chi connectivity index (χ0) is 19.4. The minimum absolute atomic E-state index is 0.0144. The predicted molar refractivity (Wildman–Crippen MR) is 104 cm³/mol. The number of nitro groups is 1. The molecule has 0 saturated heterocycles. The van der Waals surface area contributed by atoms with Crippen molar-refractivity contribution in [1.82, 2.24) is 4.57 Å². The fourth-order valence-electron chi connectivity index (χ4n) is 2.52.